The molecular formula is C36H54O2. The summed E-state index contributed by atoms with van der Waals surface area (Å²) in [4.78, 5) is 0. The molecule has 0 spiro atoms. The molecule has 0 aliphatic carbocycles. The fourth-order valence-electron chi connectivity index (χ4n) is 6.73. The minimum absolute atomic E-state index is 0.0542. The Hall–Kier alpha value is -1.96. The zero-order chi connectivity index (χ0) is 27.3. The topological polar surface area (TPSA) is 18.5 Å². The zero-order valence-electron chi connectivity index (χ0n) is 25.5. The molecule has 0 N–H and O–H groups in total. The molecule has 2 heterocycles. The average Bonchev–Trinajstić information content (AvgIpc) is 3.33. The van der Waals surface area contributed by atoms with Crippen LogP contribution < -0.4 is 9.47 Å². The van der Waals surface area contributed by atoms with Crippen molar-refractivity contribution in [2.45, 2.75) is 137 Å². The predicted octanol–water partition coefficient (Wildman–Crippen LogP) is 10.5. The van der Waals surface area contributed by atoms with E-state index in [1.807, 2.05) is 0 Å². The number of ether oxygens (including phenoxy) is 2. The summed E-state index contributed by atoms with van der Waals surface area (Å²) in [7, 11) is 0. The Morgan fingerprint density at radius 3 is 2.05 bits per heavy atom. The standard InChI is InChI=1S/C36H54O2/c1-25(2)14-11-15-26(3)16-12-17-27(4)18-13-22-36(7)23-21-31-32-24-33(30-19-9-8-10-20-30)37-34(32)28(5)29(6)35(31)38-36/h8-10,19-20,25-27,33H,11-18,21-24H2,1-7H3. The van der Waals surface area contributed by atoms with Gasteiger partial charge in [-0.15, -0.1) is 0 Å². The Bertz CT molecular complexity index is 1040. The van der Waals surface area contributed by atoms with E-state index >= 15 is 0 Å². The van der Waals surface area contributed by atoms with Crippen molar-refractivity contribution in [3.05, 3.63) is 58.1 Å². The lowest BCUT2D eigenvalue weighted by Crippen LogP contribution is -2.37. The van der Waals surface area contributed by atoms with Crippen molar-refractivity contribution in [1.29, 1.82) is 0 Å². The van der Waals surface area contributed by atoms with Gasteiger partial charge in [0.05, 0.1) is 0 Å². The van der Waals surface area contributed by atoms with Crippen molar-refractivity contribution in [3.8, 4) is 11.5 Å². The molecule has 210 valence electrons. The zero-order valence-corrected chi connectivity index (χ0v) is 25.5. The van der Waals surface area contributed by atoms with Crippen molar-refractivity contribution < 1.29 is 9.47 Å². The third-order valence-electron chi connectivity index (χ3n) is 9.50. The molecule has 38 heavy (non-hydrogen) atoms. The molecular weight excluding hydrogens is 464 g/mol. The Labute approximate surface area is 233 Å². The Morgan fingerprint density at radius 2 is 1.39 bits per heavy atom. The van der Waals surface area contributed by atoms with Crippen molar-refractivity contribution in [2.24, 2.45) is 17.8 Å². The summed E-state index contributed by atoms with van der Waals surface area (Å²) in [6, 6.07) is 10.7. The van der Waals surface area contributed by atoms with Gasteiger partial charge in [-0.25, -0.2) is 0 Å². The van der Waals surface area contributed by atoms with E-state index in [2.05, 4.69) is 78.8 Å². The minimum Gasteiger partial charge on any atom is -0.487 e. The van der Waals surface area contributed by atoms with Gasteiger partial charge in [0.2, 0.25) is 0 Å². The van der Waals surface area contributed by atoms with E-state index < -0.39 is 0 Å². The van der Waals surface area contributed by atoms with Crippen molar-refractivity contribution in [2.75, 3.05) is 0 Å². The first kappa shape index (κ1) is 29.0. The molecule has 0 fully saturated rings. The summed E-state index contributed by atoms with van der Waals surface area (Å²) in [5.41, 5.74) is 6.55. The Balaban J connectivity index is 1.27. The highest BCUT2D eigenvalue weighted by molar-refractivity contribution is 5.61. The number of rotatable bonds is 13. The lowest BCUT2D eigenvalue weighted by molar-refractivity contribution is 0.0513. The molecule has 2 nitrogen and oxygen atoms in total. The second-order valence-corrected chi connectivity index (χ2v) is 13.5. The van der Waals surface area contributed by atoms with Crippen molar-refractivity contribution in [1.82, 2.24) is 0 Å². The minimum atomic E-state index is -0.0542. The number of hydrogen-bond donors (Lipinski definition) is 0. The SMILES string of the molecule is Cc1c(C)c2c(c3c1OC(c1ccccc1)C3)CCC(C)(CCCC(C)CCCC(C)CCCC(C)C)O2. The molecule has 0 saturated heterocycles. The second-order valence-electron chi connectivity index (χ2n) is 13.5. The molecule has 2 aromatic rings. The maximum atomic E-state index is 6.89. The highest BCUT2D eigenvalue weighted by atomic mass is 16.5. The normalized spacial score (nSPS) is 21.9. The van der Waals surface area contributed by atoms with Crippen LogP contribution in [-0.2, 0) is 12.8 Å². The summed E-state index contributed by atoms with van der Waals surface area (Å²) >= 11 is 0. The highest BCUT2D eigenvalue weighted by Crippen LogP contribution is 2.50. The third kappa shape index (κ3) is 7.16. The monoisotopic (exact) mass is 518 g/mol. The molecule has 2 aliphatic rings. The molecule has 0 saturated carbocycles. The summed E-state index contributed by atoms with van der Waals surface area (Å²) in [5, 5.41) is 0. The van der Waals surface area contributed by atoms with Crippen LogP contribution in [0.2, 0.25) is 0 Å². The molecule has 2 heteroatoms. The summed E-state index contributed by atoms with van der Waals surface area (Å²) in [5.74, 6) is 4.83. The molecule has 4 atom stereocenters. The van der Waals surface area contributed by atoms with E-state index in [4.69, 9.17) is 9.47 Å². The van der Waals surface area contributed by atoms with Crippen molar-refractivity contribution >= 4 is 0 Å². The highest BCUT2D eigenvalue weighted by Gasteiger charge is 2.38. The molecule has 2 aliphatic heterocycles. The summed E-state index contributed by atoms with van der Waals surface area (Å²) in [6.45, 7) is 16.4. The third-order valence-corrected chi connectivity index (χ3v) is 9.50. The second kappa shape index (κ2) is 12.9. The lowest BCUT2D eigenvalue weighted by atomic mass is 9.83. The first-order chi connectivity index (χ1) is 18.2. The Morgan fingerprint density at radius 1 is 0.789 bits per heavy atom. The van der Waals surface area contributed by atoms with Gasteiger partial charge in [-0.1, -0.05) is 103 Å². The van der Waals surface area contributed by atoms with Crippen LogP contribution in [0.5, 0.6) is 11.5 Å². The average molecular weight is 519 g/mol. The van der Waals surface area contributed by atoms with E-state index in [1.165, 1.54) is 79.2 Å². The first-order valence-electron chi connectivity index (χ1n) is 15.7. The number of fused-ring (bicyclic) bond motifs is 3. The van der Waals surface area contributed by atoms with Crippen LogP contribution in [0.3, 0.4) is 0 Å². The van der Waals surface area contributed by atoms with Gasteiger partial charge in [0.1, 0.15) is 23.2 Å². The van der Waals surface area contributed by atoms with E-state index in [9.17, 15) is 0 Å². The van der Waals surface area contributed by atoms with Gasteiger partial charge < -0.3 is 9.47 Å². The van der Waals surface area contributed by atoms with Gasteiger partial charge >= 0.3 is 0 Å². The van der Waals surface area contributed by atoms with Crippen LogP contribution in [0.1, 0.15) is 133 Å². The van der Waals surface area contributed by atoms with E-state index in [0.29, 0.717) is 0 Å². The number of benzene rings is 2. The van der Waals surface area contributed by atoms with Crippen LogP contribution in [-0.4, -0.2) is 5.60 Å². The maximum Gasteiger partial charge on any atom is 0.128 e. The molecule has 0 amide bonds. The Kier molecular flexibility index (Phi) is 9.88. The molecule has 4 unspecified atom stereocenters. The molecule has 0 radical (unpaired) electrons. The summed E-state index contributed by atoms with van der Waals surface area (Å²) in [6.07, 6.45) is 15.4. The van der Waals surface area contributed by atoms with Gasteiger partial charge in [0, 0.05) is 17.5 Å². The van der Waals surface area contributed by atoms with E-state index in [0.717, 1.165) is 54.9 Å². The van der Waals surface area contributed by atoms with E-state index in [1.54, 1.807) is 0 Å². The van der Waals surface area contributed by atoms with E-state index in [-0.39, 0.29) is 11.7 Å². The van der Waals surface area contributed by atoms with Crippen LogP contribution in [0.15, 0.2) is 30.3 Å². The van der Waals surface area contributed by atoms with Crippen molar-refractivity contribution in [3.63, 3.8) is 0 Å². The summed E-state index contributed by atoms with van der Waals surface area (Å²) < 4.78 is 13.4. The molecule has 4 rings (SSSR count). The molecule has 2 aromatic carbocycles. The van der Waals surface area contributed by atoms with Crippen LogP contribution in [0, 0.1) is 31.6 Å². The largest absolute Gasteiger partial charge is 0.487 e. The van der Waals surface area contributed by atoms with Gasteiger partial charge in [0.15, 0.2) is 0 Å². The quantitative estimate of drug-likeness (QED) is 0.262. The maximum absolute atomic E-state index is 6.89. The fourth-order valence-corrected chi connectivity index (χ4v) is 6.73. The van der Waals surface area contributed by atoms with Gasteiger partial charge in [-0.2, -0.15) is 0 Å². The van der Waals surface area contributed by atoms with Crippen LogP contribution in [0.25, 0.3) is 0 Å². The smallest absolute Gasteiger partial charge is 0.128 e. The first-order valence-corrected chi connectivity index (χ1v) is 15.7. The molecule has 0 aromatic heterocycles. The lowest BCUT2D eigenvalue weighted by Gasteiger charge is -2.38. The van der Waals surface area contributed by atoms with Gasteiger partial charge in [0.25, 0.3) is 0 Å². The van der Waals surface area contributed by atoms with Crippen LogP contribution in [0.4, 0.5) is 0 Å². The predicted molar refractivity (Wildman–Crippen MR) is 162 cm³/mol. The number of hydrogen-bond acceptors (Lipinski definition) is 2. The van der Waals surface area contributed by atoms with Crippen LogP contribution >= 0.6 is 0 Å². The van der Waals surface area contributed by atoms with Gasteiger partial charge in [-0.3, -0.25) is 0 Å². The molecule has 0 bridgehead atoms. The van der Waals surface area contributed by atoms with Gasteiger partial charge in [-0.05, 0) is 80.9 Å². The fraction of sp³-hybridized carbons (Fsp3) is 0.667.